The van der Waals surface area contributed by atoms with Gasteiger partial charge in [-0.05, 0) is 19.3 Å². The van der Waals surface area contributed by atoms with Crippen LogP contribution in [-0.4, -0.2) is 31.6 Å². The summed E-state index contributed by atoms with van der Waals surface area (Å²) in [5.74, 6) is 2.99. The third-order valence-electron chi connectivity index (χ3n) is 4.29. The molecule has 0 bridgehead atoms. The highest BCUT2D eigenvalue weighted by Gasteiger charge is 2.28. The fourth-order valence-electron chi connectivity index (χ4n) is 2.88. The predicted molar refractivity (Wildman–Crippen MR) is 77.1 cm³/mol. The van der Waals surface area contributed by atoms with Gasteiger partial charge in [-0.2, -0.15) is 4.98 Å². The van der Waals surface area contributed by atoms with E-state index in [1.165, 1.54) is 0 Å². The average Bonchev–Trinajstić information content (AvgIpc) is 3.08. The smallest absolute Gasteiger partial charge is 0.227 e. The lowest BCUT2D eigenvalue weighted by Gasteiger charge is -2.24. The maximum atomic E-state index is 12.1. The highest BCUT2D eigenvalue weighted by Crippen LogP contribution is 2.38. The van der Waals surface area contributed by atoms with Crippen molar-refractivity contribution in [3.05, 3.63) is 29.9 Å². The van der Waals surface area contributed by atoms with E-state index in [4.69, 9.17) is 4.52 Å². The number of nitrogens with zero attached hydrogens (tertiary/aromatic N) is 4. The first kappa shape index (κ1) is 13.5. The Kier molecular flexibility index (Phi) is 3.40. The van der Waals surface area contributed by atoms with Gasteiger partial charge < -0.3 is 14.4 Å². The molecule has 1 atom stereocenters. The molecule has 0 saturated heterocycles. The minimum Gasteiger partial charge on any atom is -0.352 e. The van der Waals surface area contributed by atoms with Crippen LogP contribution in [0.15, 0.2) is 16.9 Å². The molecule has 2 aromatic rings. The van der Waals surface area contributed by atoms with E-state index >= 15 is 0 Å². The third kappa shape index (κ3) is 2.88. The number of carbonyl (C=O) groups is 1. The van der Waals surface area contributed by atoms with Gasteiger partial charge in [0, 0.05) is 50.2 Å². The third-order valence-corrected chi connectivity index (χ3v) is 4.29. The lowest BCUT2D eigenvalue weighted by molar-refractivity contribution is -0.122. The van der Waals surface area contributed by atoms with E-state index in [9.17, 15) is 4.79 Å². The van der Waals surface area contributed by atoms with Crippen molar-refractivity contribution in [1.29, 1.82) is 0 Å². The zero-order chi connectivity index (χ0) is 14.9. The Morgan fingerprint density at radius 1 is 1.41 bits per heavy atom. The fourth-order valence-corrected chi connectivity index (χ4v) is 2.88. The standard InChI is InChI=1S/C15H19N5O2/c21-13(5-6-14-18-15(19-22-14)10-1-2-10)17-11-3-4-12-16-7-8-20(12)9-11/h7-8,10-11H,1-6,9H2,(H,17,21). The molecule has 116 valence electrons. The summed E-state index contributed by atoms with van der Waals surface area (Å²) in [7, 11) is 0. The molecule has 1 N–H and O–H groups in total. The van der Waals surface area contributed by atoms with Crippen molar-refractivity contribution >= 4 is 5.91 Å². The SMILES string of the molecule is O=C(CCc1nc(C2CC2)no1)NC1CCc2nccn2C1. The molecule has 2 aromatic heterocycles. The molecule has 1 aliphatic carbocycles. The van der Waals surface area contributed by atoms with Crippen LogP contribution in [-0.2, 0) is 24.2 Å². The van der Waals surface area contributed by atoms with Gasteiger partial charge in [0.2, 0.25) is 11.8 Å². The first-order valence-corrected chi connectivity index (χ1v) is 7.90. The van der Waals surface area contributed by atoms with Crippen LogP contribution in [0.5, 0.6) is 0 Å². The van der Waals surface area contributed by atoms with Crippen molar-refractivity contribution < 1.29 is 9.32 Å². The van der Waals surface area contributed by atoms with Crippen LogP contribution < -0.4 is 5.32 Å². The molecule has 1 fully saturated rings. The van der Waals surface area contributed by atoms with Gasteiger partial charge in [0.15, 0.2) is 5.82 Å². The maximum absolute atomic E-state index is 12.1. The van der Waals surface area contributed by atoms with Gasteiger partial charge >= 0.3 is 0 Å². The summed E-state index contributed by atoms with van der Waals surface area (Å²) in [6.07, 6.45) is 8.82. The number of amides is 1. The second kappa shape index (κ2) is 5.55. The van der Waals surface area contributed by atoms with Crippen LogP contribution in [0.2, 0.25) is 0 Å². The van der Waals surface area contributed by atoms with E-state index in [0.717, 1.165) is 43.9 Å². The molecule has 0 spiro atoms. The largest absolute Gasteiger partial charge is 0.352 e. The number of carbonyl (C=O) groups excluding carboxylic acids is 1. The van der Waals surface area contributed by atoms with Crippen molar-refractivity contribution in [1.82, 2.24) is 25.0 Å². The Morgan fingerprint density at radius 2 is 2.32 bits per heavy atom. The summed E-state index contributed by atoms with van der Waals surface area (Å²) in [6, 6.07) is 0.180. The van der Waals surface area contributed by atoms with Crippen LogP contribution in [0.1, 0.15) is 49.1 Å². The normalized spacial score (nSPS) is 20.6. The summed E-state index contributed by atoms with van der Waals surface area (Å²) in [5, 5.41) is 7.05. The van der Waals surface area contributed by atoms with Crippen molar-refractivity contribution in [2.45, 2.75) is 57.0 Å². The number of aryl methyl sites for hydroxylation is 2. The Morgan fingerprint density at radius 3 is 3.18 bits per heavy atom. The molecule has 22 heavy (non-hydrogen) atoms. The summed E-state index contributed by atoms with van der Waals surface area (Å²) in [4.78, 5) is 20.7. The van der Waals surface area contributed by atoms with Gasteiger partial charge in [0.05, 0.1) is 0 Å². The van der Waals surface area contributed by atoms with Crippen LogP contribution >= 0.6 is 0 Å². The van der Waals surface area contributed by atoms with Gasteiger partial charge in [0.1, 0.15) is 5.82 Å². The highest BCUT2D eigenvalue weighted by atomic mass is 16.5. The quantitative estimate of drug-likeness (QED) is 0.897. The molecule has 0 aromatic carbocycles. The number of hydrogen-bond donors (Lipinski definition) is 1. The van der Waals surface area contributed by atoms with E-state index < -0.39 is 0 Å². The summed E-state index contributed by atoms with van der Waals surface area (Å²) in [6.45, 7) is 0.799. The monoisotopic (exact) mass is 301 g/mol. The number of nitrogens with one attached hydrogen (secondary N) is 1. The number of imidazole rings is 1. The zero-order valence-corrected chi connectivity index (χ0v) is 12.4. The molecule has 7 nitrogen and oxygen atoms in total. The summed E-state index contributed by atoms with van der Waals surface area (Å²) < 4.78 is 7.29. The van der Waals surface area contributed by atoms with Crippen LogP contribution in [0, 0.1) is 0 Å². The Balaban J connectivity index is 1.26. The molecule has 1 unspecified atom stereocenters. The minimum atomic E-state index is 0.0414. The molecule has 1 saturated carbocycles. The predicted octanol–water partition coefficient (Wildman–Crippen LogP) is 1.21. The first-order valence-electron chi connectivity index (χ1n) is 7.90. The zero-order valence-electron chi connectivity index (χ0n) is 12.4. The van der Waals surface area contributed by atoms with Crippen molar-refractivity contribution in [3.8, 4) is 0 Å². The van der Waals surface area contributed by atoms with Gasteiger partial charge in [-0.1, -0.05) is 5.16 Å². The molecular formula is C15H19N5O2. The Hall–Kier alpha value is -2.18. The summed E-state index contributed by atoms with van der Waals surface area (Å²) in [5.41, 5.74) is 0. The van der Waals surface area contributed by atoms with Crippen molar-refractivity contribution in [2.75, 3.05) is 0 Å². The van der Waals surface area contributed by atoms with Crippen molar-refractivity contribution in [2.24, 2.45) is 0 Å². The molecule has 7 heteroatoms. The molecule has 3 heterocycles. The number of hydrogen-bond acceptors (Lipinski definition) is 5. The topological polar surface area (TPSA) is 85.8 Å². The van der Waals surface area contributed by atoms with Gasteiger partial charge in [-0.3, -0.25) is 4.79 Å². The van der Waals surface area contributed by atoms with Gasteiger partial charge in [-0.15, -0.1) is 0 Å². The second-order valence-electron chi connectivity index (χ2n) is 6.12. The highest BCUT2D eigenvalue weighted by molar-refractivity contribution is 5.76. The number of fused-ring (bicyclic) bond motifs is 1. The van der Waals surface area contributed by atoms with E-state index in [-0.39, 0.29) is 11.9 Å². The van der Waals surface area contributed by atoms with Gasteiger partial charge in [0.25, 0.3) is 0 Å². The van der Waals surface area contributed by atoms with E-state index in [0.29, 0.717) is 24.7 Å². The molecule has 4 rings (SSSR count). The van der Waals surface area contributed by atoms with E-state index in [1.54, 1.807) is 0 Å². The number of aromatic nitrogens is 4. The molecule has 2 aliphatic rings. The average molecular weight is 301 g/mol. The Bertz CT molecular complexity index is 673. The van der Waals surface area contributed by atoms with E-state index in [1.807, 2.05) is 12.4 Å². The summed E-state index contributed by atoms with van der Waals surface area (Å²) >= 11 is 0. The van der Waals surface area contributed by atoms with Crippen LogP contribution in [0.4, 0.5) is 0 Å². The van der Waals surface area contributed by atoms with E-state index in [2.05, 4.69) is 25.0 Å². The minimum absolute atomic E-state index is 0.0414. The second-order valence-corrected chi connectivity index (χ2v) is 6.12. The molecular weight excluding hydrogens is 282 g/mol. The van der Waals surface area contributed by atoms with Crippen molar-refractivity contribution in [3.63, 3.8) is 0 Å². The molecule has 1 amide bonds. The molecule has 0 radical (unpaired) electrons. The Labute approximate surface area is 128 Å². The van der Waals surface area contributed by atoms with Crippen LogP contribution in [0.3, 0.4) is 0 Å². The van der Waals surface area contributed by atoms with Crippen LogP contribution in [0.25, 0.3) is 0 Å². The lowest BCUT2D eigenvalue weighted by atomic mass is 10.1. The fraction of sp³-hybridized carbons (Fsp3) is 0.600. The number of rotatable bonds is 5. The lowest BCUT2D eigenvalue weighted by Crippen LogP contribution is -2.41. The maximum Gasteiger partial charge on any atom is 0.227 e. The molecule has 1 aliphatic heterocycles. The van der Waals surface area contributed by atoms with Gasteiger partial charge in [-0.25, -0.2) is 4.98 Å². The first-order chi connectivity index (χ1) is 10.8.